The third kappa shape index (κ3) is 4.81. The van der Waals surface area contributed by atoms with Gasteiger partial charge in [-0.25, -0.2) is 4.98 Å². The highest BCUT2D eigenvalue weighted by Gasteiger charge is 1.89. The Balaban J connectivity index is 2.35. The Kier molecular flexibility index (Phi) is 4.34. The second kappa shape index (κ2) is 5.80. The molecule has 0 aliphatic heterocycles. The number of nitrogen functional groups attached to an aromatic ring is 1. The lowest BCUT2D eigenvalue weighted by atomic mass is 10.2. The predicted molar refractivity (Wildman–Crippen MR) is 61.0 cm³/mol. The summed E-state index contributed by atoms with van der Waals surface area (Å²) in [5, 5.41) is 2.72. The largest absolute Gasteiger partial charge is 0.384 e. The minimum atomic E-state index is -0.00319. The summed E-state index contributed by atoms with van der Waals surface area (Å²) in [6.07, 6.45) is 6.43. The first-order chi connectivity index (χ1) is 7.18. The second-order valence-electron chi connectivity index (χ2n) is 3.19. The number of aromatic nitrogens is 1. The van der Waals surface area contributed by atoms with Gasteiger partial charge in [-0.15, -0.1) is 0 Å². The molecule has 3 N–H and O–H groups in total. The Morgan fingerprint density at radius 3 is 3.13 bits per heavy atom. The second-order valence-corrected chi connectivity index (χ2v) is 3.19. The van der Waals surface area contributed by atoms with Gasteiger partial charge in [-0.2, -0.15) is 0 Å². The van der Waals surface area contributed by atoms with E-state index in [0.717, 1.165) is 12.0 Å². The maximum absolute atomic E-state index is 10.6. The minimum absolute atomic E-state index is 0.00319. The lowest BCUT2D eigenvalue weighted by Crippen LogP contribution is -2.20. The lowest BCUT2D eigenvalue weighted by molar-refractivity contribution is -0.118. The van der Waals surface area contributed by atoms with Gasteiger partial charge in [0.1, 0.15) is 5.82 Å². The fourth-order valence-corrected chi connectivity index (χ4v) is 1.12. The molecule has 0 unspecified atom stereocenters. The molecule has 1 heterocycles. The zero-order chi connectivity index (χ0) is 11.1. The van der Waals surface area contributed by atoms with Crippen molar-refractivity contribution in [3.63, 3.8) is 0 Å². The molecule has 80 valence electrons. The van der Waals surface area contributed by atoms with Crippen molar-refractivity contribution in [3.05, 3.63) is 30.0 Å². The number of amides is 1. The summed E-state index contributed by atoms with van der Waals surface area (Å²) < 4.78 is 0. The average molecular weight is 205 g/mol. The Morgan fingerprint density at radius 1 is 1.67 bits per heavy atom. The van der Waals surface area contributed by atoms with Crippen LogP contribution in [0.3, 0.4) is 0 Å². The van der Waals surface area contributed by atoms with Gasteiger partial charge >= 0.3 is 0 Å². The molecule has 0 aliphatic carbocycles. The van der Waals surface area contributed by atoms with Gasteiger partial charge in [0.15, 0.2) is 0 Å². The molecule has 0 saturated heterocycles. The Bertz CT molecular complexity index is 361. The van der Waals surface area contributed by atoms with Crippen LogP contribution in [0.15, 0.2) is 24.4 Å². The number of anilines is 1. The highest BCUT2D eigenvalue weighted by Crippen LogP contribution is 2.05. The van der Waals surface area contributed by atoms with Gasteiger partial charge in [-0.3, -0.25) is 4.79 Å². The summed E-state index contributed by atoms with van der Waals surface area (Å²) in [6, 6.07) is 3.68. The van der Waals surface area contributed by atoms with E-state index in [1.165, 1.54) is 6.92 Å². The molecule has 1 aromatic rings. The number of hydrogen-bond donors (Lipinski definition) is 2. The van der Waals surface area contributed by atoms with Crippen LogP contribution in [0, 0.1) is 0 Å². The van der Waals surface area contributed by atoms with E-state index in [1.54, 1.807) is 12.3 Å². The van der Waals surface area contributed by atoms with Crippen LogP contribution in [-0.4, -0.2) is 17.4 Å². The van der Waals surface area contributed by atoms with E-state index in [1.807, 2.05) is 18.2 Å². The molecule has 0 radical (unpaired) electrons. The van der Waals surface area contributed by atoms with E-state index in [2.05, 4.69) is 10.3 Å². The van der Waals surface area contributed by atoms with Gasteiger partial charge in [0.25, 0.3) is 0 Å². The molecule has 1 aromatic heterocycles. The van der Waals surface area contributed by atoms with Crippen LogP contribution in [0.1, 0.15) is 18.9 Å². The molecule has 4 heteroatoms. The number of nitrogens with two attached hydrogens (primary N) is 1. The molecule has 0 aromatic carbocycles. The van der Waals surface area contributed by atoms with E-state index in [-0.39, 0.29) is 5.91 Å². The molecular weight excluding hydrogens is 190 g/mol. The highest BCUT2D eigenvalue weighted by molar-refractivity contribution is 5.72. The normalized spacial score (nSPS) is 10.5. The van der Waals surface area contributed by atoms with E-state index >= 15 is 0 Å². The first kappa shape index (κ1) is 11.2. The van der Waals surface area contributed by atoms with Crippen molar-refractivity contribution in [2.45, 2.75) is 13.3 Å². The first-order valence-corrected chi connectivity index (χ1v) is 4.81. The number of pyridine rings is 1. The van der Waals surface area contributed by atoms with Crippen LogP contribution in [-0.2, 0) is 4.79 Å². The van der Waals surface area contributed by atoms with Crippen LogP contribution < -0.4 is 11.1 Å². The predicted octanol–water partition coefficient (Wildman–Crippen LogP) is 1.20. The third-order valence-electron chi connectivity index (χ3n) is 1.80. The molecule has 0 aliphatic rings. The molecule has 0 fully saturated rings. The third-order valence-corrected chi connectivity index (χ3v) is 1.80. The van der Waals surface area contributed by atoms with Crippen LogP contribution in [0.2, 0.25) is 0 Å². The van der Waals surface area contributed by atoms with Crippen molar-refractivity contribution in [3.8, 4) is 0 Å². The molecule has 1 amide bonds. The number of hydrogen-bond acceptors (Lipinski definition) is 3. The number of carbonyl (C=O) groups is 1. The molecule has 15 heavy (non-hydrogen) atoms. The number of rotatable bonds is 4. The summed E-state index contributed by atoms with van der Waals surface area (Å²) in [5.74, 6) is 0.510. The van der Waals surface area contributed by atoms with Gasteiger partial charge in [0.05, 0.1) is 0 Å². The summed E-state index contributed by atoms with van der Waals surface area (Å²) in [6.45, 7) is 2.17. The van der Waals surface area contributed by atoms with E-state index in [0.29, 0.717) is 12.4 Å². The maximum Gasteiger partial charge on any atom is 0.216 e. The maximum atomic E-state index is 10.6. The van der Waals surface area contributed by atoms with E-state index < -0.39 is 0 Å². The van der Waals surface area contributed by atoms with Gasteiger partial charge in [0, 0.05) is 19.7 Å². The van der Waals surface area contributed by atoms with Gasteiger partial charge in [-0.1, -0.05) is 12.2 Å². The number of nitrogens with one attached hydrogen (secondary N) is 1. The van der Waals surface area contributed by atoms with Crippen LogP contribution in [0.25, 0.3) is 6.08 Å². The molecule has 1 rings (SSSR count). The summed E-state index contributed by atoms with van der Waals surface area (Å²) in [7, 11) is 0. The number of nitrogens with zero attached hydrogens (tertiary/aromatic N) is 1. The highest BCUT2D eigenvalue weighted by atomic mass is 16.1. The summed E-state index contributed by atoms with van der Waals surface area (Å²) in [5.41, 5.74) is 6.55. The zero-order valence-corrected chi connectivity index (χ0v) is 8.73. The molecule has 0 saturated carbocycles. The molecule has 0 atom stereocenters. The van der Waals surface area contributed by atoms with E-state index in [4.69, 9.17) is 5.73 Å². The summed E-state index contributed by atoms with van der Waals surface area (Å²) >= 11 is 0. The topological polar surface area (TPSA) is 68.0 Å². The molecule has 0 spiro atoms. The molecular formula is C11H15N3O. The monoisotopic (exact) mass is 205 g/mol. The standard InChI is InChI=1S/C11H15N3O/c1-9(15)13-6-3-2-4-10-5-7-14-11(12)8-10/h2,4-5,7-8H,3,6H2,1H3,(H2,12,14)(H,13,15). The lowest BCUT2D eigenvalue weighted by Gasteiger charge is -1.97. The van der Waals surface area contributed by atoms with Crippen molar-refractivity contribution in [1.29, 1.82) is 0 Å². The van der Waals surface area contributed by atoms with Crippen LogP contribution >= 0.6 is 0 Å². The van der Waals surface area contributed by atoms with Gasteiger partial charge in [-0.05, 0) is 24.1 Å². The van der Waals surface area contributed by atoms with Crippen molar-refractivity contribution in [2.75, 3.05) is 12.3 Å². The van der Waals surface area contributed by atoms with Gasteiger partial charge in [0.2, 0.25) is 5.91 Å². The summed E-state index contributed by atoms with van der Waals surface area (Å²) in [4.78, 5) is 14.5. The van der Waals surface area contributed by atoms with Crippen molar-refractivity contribution in [1.82, 2.24) is 10.3 Å². The SMILES string of the molecule is CC(=O)NCCC=Cc1ccnc(N)c1. The van der Waals surface area contributed by atoms with Crippen molar-refractivity contribution < 1.29 is 4.79 Å². The first-order valence-electron chi connectivity index (χ1n) is 4.81. The minimum Gasteiger partial charge on any atom is -0.384 e. The fraction of sp³-hybridized carbons (Fsp3) is 0.273. The molecule has 4 nitrogen and oxygen atoms in total. The quantitative estimate of drug-likeness (QED) is 0.726. The Labute approximate surface area is 89.2 Å². The average Bonchev–Trinajstić information content (AvgIpc) is 2.17. The number of carbonyl (C=O) groups excluding carboxylic acids is 1. The fourth-order valence-electron chi connectivity index (χ4n) is 1.12. The van der Waals surface area contributed by atoms with Crippen LogP contribution in [0.5, 0.6) is 0 Å². The smallest absolute Gasteiger partial charge is 0.216 e. The molecule has 0 bridgehead atoms. The Hall–Kier alpha value is -1.84. The van der Waals surface area contributed by atoms with Crippen molar-refractivity contribution in [2.24, 2.45) is 0 Å². The Morgan fingerprint density at radius 2 is 2.47 bits per heavy atom. The van der Waals surface area contributed by atoms with Gasteiger partial charge < -0.3 is 11.1 Å². The van der Waals surface area contributed by atoms with Crippen LogP contribution in [0.4, 0.5) is 5.82 Å². The zero-order valence-electron chi connectivity index (χ0n) is 8.73. The van der Waals surface area contributed by atoms with E-state index in [9.17, 15) is 4.79 Å². The van der Waals surface area contributed by atoms with Crippen molar-refractivity contribution >= 4 is 17.8 Å².